The fourth-order valence-corrected chi connectivity index (χ4v) is 3.52. The van der Waals surface area contributed by atoms with Crippen LogP contribution in [-0.4, -0.2) is 39.2 Å². The summed E-state index contributed by atoms with van der Waals surface area (Å²) in [7, 11) is 0. The van der Waals surface area contributed by atoms with E-state index < -0.39 is 0 Å². The SMILES string of the molecule is CC[C@@H](C)NC(=O)c1c(N)n(C[C@@H]2CCCO2)c2nc3ccccc3nc12. The van der Waals surface area contributed by atoms with Crippen LogP contribution in [-0.2, 0) is 11.3 Å². The molecule has 0 spiro atoms. The van der Waals surface area contributed by atoms with Crippen LogP contribution in [0.1, 0.15) is 43.5 Å². The lowest BCUT2D eigenvalue weighted by molar-refractivity contribution is 0.0936. The Balaban J connectivity index is 1.88. The number of nitrogens with zero attached hydrogens (tertiary/aromatic N) is 3. The van der Waals surface area contributed by atoms with Gasteiger partial charge in [0, 0.05) is 12.6 Å². The molecule has 0 saturated carbocycles. The fourth-order valence-electron chi connectivity index (χ4n) is 3.52. The highest BCUT2D eigenvalue weighted by molar-refractivity contribution is 6.10. The molecule has 1 aromatic carbocycles. The average molecular weight is 367 g/mol. The third-order valence-electron chi connectivity index (χ3n) is 5.22. The molecule has 7 heteroatoms. The van der Waals surface area contributed by atoms with Crippen LogP contribution in [0.15, 0.2) is 24.3 Å². The van der Waals surface area contributed by atoms with E-state index >= 15 is 0 Å². The largest absolute Gasteiger partial charge is 0.384 e. The summed E-state index contributed by atoms with van der Waals surface area (Å²) in [6, 6.07) is 7.71. The summed E-state index contributed by atoms with van der Waals surface area (Å²) in [5.74, 6) is 0.194. The van der Waals surface area contributed by atoms with Crippen LogP contribution in [0, 0.1) is 0 Å². The maximum atomic E-state index is 12.9. The number of anilines is 1. The van der Waals surface area contributed by atoms with Gasteiger partial charge >= 0.3 is 0 Å². The first-order valence-electron chi connectivity index (χ1n) is 9.55. The molecule has 142 valence electrons. The Bertz CT molecular complexity index is 991. The number of nitrogens with two attached hydrogens (primary N) is 1. The van der Waals surface area contributed by atoms with Crippen molar-refractivity contribution in [3.8, 4) is 0 Å². The predicted molar refractivity (Wildman–Crippen MR) is 106 cm³/mol. The number of rotatable bonds is 5. The molecule has 0 radical (unpaired) electrons. The number of nitrogen functional groups attached to an aromatic ring is 1. The van der Waals surface area contributed by atoms with E-state index in [2.05, 4.69) is 5.32 Å². The number of hydrogen-bond donors (Lipinski definition) is 2. The molecule has 1 aliphatic heterocycles. The highest BCUT2D eigenvalue weighted by Gasteiger charge is 2.27. The molecule has 2 aromatic heterocycles. The fraction of sp³-hybridized carbons (Fsp3) is 0.450. The zero-order chi connectivity index (χ0) is 19.0. The molecule has 0 unspecified atom stereocenters. The minimum absolute atomic E-state index is 0.0573. The maximum absolute atomic E-state index is 12.9. The summed E-state index contributed by atoms with van der Waals surface area (Å²) >= 11 is 0. The van der Waals surface area contributed by atoms with Gasteiger partial charge in [-0.2, -0.15) is 0 Å². The van der Waals surface area contributed by atoms with Crippen LogP contribution in [0.25, 0.3) is 22.2 Å². The van der Waals surface area contributed by atoms with Gasteiger partial charge in [-0.05, 0) is 38.3 Å². The van der Waals surface area contributed by atoms with E-state index in [4.69, 9.17) is 20.4 Å². The summed E-state index contributed by atoms with van der Waals surface area (Å²) < 4.78 is 7.66. The van der Waals surface area contributed by atoms with E-state index in [0.29, 0.717) is 29.1 Å². The van der Waals surface area contributed by atoms with Gasteiger partial charge in [-0.1, -0.05) is 19.1 Å². The normalized spacial score (nSPS) is 18.2. The van der Waals surface area contributed by atoms with Gasteiger partial charge in [-0.15, -0.1) is 0 Å². The van der Waals surface area contributed by atoms with E-state index in [1.807, 2.05) is 42.7 Å². The molecular weight excluding hydrogens is 342 g/mol. The number of para-hydroxylation sites is 2. The van der Waals surface area contributed by atoms with Gasteiger partial charge in [-0.3, -0.25) is 4.79 Å². The standard InChI is InChI=1S/C20H25N5O2/c1-3-12(2)22-20(26)16-17-19(24-15-9-5-4-8-14(15)23-17)25(18(16)21)11-13-7-6-10-27-13/h4-5,8-9,12-13H,3,6-7,10-11,21H2,1-2H3,(H,22,26)/t12-,13+/m1/s1. The zero-order valence-electron chi connectivity index (χ0n) is 15.7. The van der Waals surface area contributed by atoms with Crippen molar-refractivity contribution in [2.45, 2.75) is 51.8 Å². The van der Waals surface area contributed by atoms with Crippen LogP contribution in [0.3, 0.4) is 0 Å². The lowest BCUT2D eigenvalue weighted by atomic mass is 10.2. The molecule has 0 aliphatic carbocycles. The van der Waals surface area contributed by atoms with Crippen LogP contribution in [0.4, 0.5) is 5.82 Å². The Morgan fingerprint density at radius 2 is 2.11 bits per heavy atom. The number of hydrogen-bond acceptors (Lipinski definition) is 5. The monoisotopic (exact) mass is 367 g/mol. The summed E-state index contributed by atoms with van der Waals surface area (Å²) in [4.78, 5) is 22.4. The second-order valence-corrected chi connectivity index (χ2v) is 7.17. The number of benzene rings is 1. The maximum Gasteiger partial charge on any atom is 0.257 e. The van der Waals surface area contributed by atoms with Crippen molar-refractivity contribution in [1.82, 2.24) is 19.9 Å². The summed E-state index contributed by atoms with van der Waals surface area (Å²) in [5, 5.41) is 3.00. The minimum Gasteiger partial charge on any atom is -0.384 e. The molecule has 1 saturated heterocycles. The third kappa shape index (κ3) is 3.23. The number of fused-ring (bicyclic) bond motifs is 2. The molecule has 4 rings (SSSR count). The van der Waals surface area contributed by atoms with Gasteiger partial charge < -0.3 is 20.4 Å². The van der Waals surface area contributed by atoms with Gasteiger partial charge in [0.15, 0.2) is 5.65 Å². The Morgan fingerprint density at radius 1 is 1.37 bits per heavy atom. The molecule has 3 heterocycles. The Labute approximate surface area is 157 Å². The lowest BCUT2D eigenvalue weighted by Gasteiger charge is -2.14. The van der Waals surface area contributed by atoms with Gasteiger partial charge in [0.2, 0.25) is 0 Å². The van der Waals surface area contributed by atoms with Crippen LogP contribution in [0.2, 0.25) is 0 Å². The molecule has 2 atom stereocenters. The molecule has 1 fully saturated rings. The molecule has 1 amide bonds. The first-order chi connectivity index (χ1) is 13.1. The number of carbonyl (C=O) groups excluding carboxylic acids is 1. The molecule has 27 heavy (non-hydrogen) atoms. The van der Waals surface area contributed by atoms with Gasteiger partial charge in [0.1, 0.15) is 16.9 Å². The topological polar surface area (TPSA) is 95.1 Å². The molecule has 7 nitrogen and oxygen atoms in total. The van der Waals surface area contributed by atoms with Crippen molar-refractivity contribution in [2.24, 2.45) is 0 Å². The van der Waals surface area contributed by atoms with Crippen molar-refractivity contribution in [3.05, 3.63) is 29.8 Å². The third-order valence-corrected chi connectivity index (χ3v) is 5.22. The average Bonchev–Trinajstić information content (AvgIpc) is 3.27. The summed E-state index contributed by atoms with van der Waals surface area (Å²) in [5.41, 5.74) is 9.56. The Kier molecular flexibility index (Phi) is 4.70. The molecule has 3 N–H and O–H groups in total. The van der Waals surface area contributed by atoms with Gasteiger partial charge in [0.25, 0.3) is 5.91 Å². The van der Waals surface area contributed by atoms with Crippen molar-refractivity contribution in [1.29, 1.82) is 0 Å². The van der Waals surface area contributed by atoms with E-state index in [-0.39, 0.29) is 18.1 Å². The quantitative estimate of drug-likeness (QED) is 0.723. The van der Waals surface area contributed by atoms with Gasteiger partial charge in [0.05, 0.1) is 23.7 Å². The van der Waals surface area contributed by atoms with Crippen molar-refractivity contribution in [2.75, 3.05) is 12.3 Å². The number of nitrogens with one attached hydrogen (secondary N) is 1. The van der Waals surface area contributed by atoms with Crippen molar-refractivity contribution < 1.29 is 9.53 Å². The van der Waals surface area contributed by atoms with E-state index in [1.54, 1.807) is 0 Å². The van der Waals surface area contributed by atoms with Crippen molar-refractivity contribution >= 4 is 33.9 Å². The summed E-state index contributed by atoms with van der Waals surface area (Å²) in [6.45, 7) is 5.34. The first-order valence-corrected chi connectivity index (χ1v) is 9.55. The zero-order valence-corrected chi connectivity index (χ0v) is 15.7. The predicted octanol–water partition coefficient (Wildman–Crippen LogP) is 2.87. The highest BCUT2D eigenvalue weighted by Crippen LogP contribution is 2.29. The number of ether oxygens (including phenoxy) is 1. The van der Waals surface area contributed by atoms with Crippen molar-refractivity contribution in [3.63, 3.8) is 0 Å². The Morgan fingerprint density at radius 3 is 2.78 bits per heavy atom. The summed E-state index contributed by atoms with van der Waals surface area (Å²) in [6.07, 6.45) is 2.95. The lowest BCUT2D eigenvalue weighted by Crippen LogP contribution is -2.32. The van der Waals surface area contributed by atoms with Crippen LogP contribution >= 0.6 is 0 Å². The second kappa shape index (κ2) is 7.15. The van der Waals surface area contributed by atoms with E-state index in [0.717, 1.165) is 36.9 Å². The second-order valence-electron chi connectivity index (χ2n) is 7.17. The minimum atomic E-state index is -0.206. The van der Waals surface area contributed by atoms with Gasteiger partial charge in [-0.25, -0.2) is 9.97 Å². The molecular formula is C20H25N5O2. The molecule has 1 aliphatic rings. The smallest absolute Gasteiger partial charge is 0.257 e. The number of aromatic nitrogens is 3. The van der Waals surface area contributed by atoms with Crippen LogP contribution < -0.4 is 11.1 Å². The number of carbonyl (C=O) groups is 1. The number of amides is 1. The van der Waals surface area contributed by atoms with E-state index in [9.17, 15) is 4.79 Å². The first kappa shape index (κ1) is 17.7. The van der Waals surface area contributed by atoms with E-state index in [1.165, 1.54) is 0 Å². The molecule has 3 aromatic rings. The molecule has 0 bridgehead atoms. The van der Waals surface area contributed by atoms with Crippen LogP contribution in [0.5, 0.6) is 0 Å². The highest BCUT2D eigenvalue weighted by atomic mass is 16.5. The Hall–Kier alpha value is -2.67.